The summed E-state index contributed by atoms with van der Waals surface area (Å²) >= 11 is 1.46. The Morgan fingerprint density at radius 2 is 1.71 bits per heavy atom. The van der Waals surface area contributed by atoms with Gasteiger partial charge in [-0.25, -0.2) is 4.98 Å². The highest BCUT2D eigenvalue weighted by atomic mass is 32.1. The predicted octanol–water partition coefficient (Wildman–Crippen LogP) is 6.26. The molecule has 2 aromatic carbocycles. The van der Waals surface area contributed by atoms with E-state index in [1.54, 1.807) is 0 Å². The maximum atomic E-state index is 13.2. The van der Waals surface area contributed by atoms with Crippen molar-refractivity contribution in [3.8, 4) is 0 Å². The number of benzene rings is 2. The van der Waals surface area contributed by atoms with E-state index in [-0.39, 0.29) is 23.7 Å². The van der Waals surface area contributed by atoms with Gasteiger partial charge < -0.3 is 16.0 Å². The van der Waals surface area contributed by atoms with E-state index in [2.05, 4.69) is 50.2 Å². The number of carbonyl (C=O) groups is 2. The highest BCUT2D eigenvalue weighted by Gasteiger charge is 2.27. The molecule has 2 aliphatic rings. The van der Waals surface area contributed by atoms with Crippen LogP contribution in [0.4, 0.5) is 10.8 Å². The molecule has 196 valence electrons. The number of aromatic nitrogens is 2. The SMILES string of the molecule is O=C(Nc1nc2ccc(NC(=O)[C@@H]3CCC[C@H](NCc4cccc5cccnc45)C3)cc2s1)C1CCCC1. The first-order valence-corrected chi connectivity index (χ1v) is 14.5. The van der Waals surface area contributed by atoms with Gasteiger partial charge in [0.1, 0.15) is 0 Å². The van der Waals surface area contributed by atoms with Gasteiger partial charge in [-0.2, -0.15) is 0 Å². The highest BCUT2D eigenvalue weighted by Crippen LogP contribution is 2.32. The molecule has 3 N–H and O–H groups in total. The zero-order chi connectivity index (χ0) is 25.9. The summed E-state index contributed by atoms with van der Waals surface area (Å²) in [5, 5.41) is 11.6. The number of nitrogens with one attached hydrogen (secondary N) is 3. The molecule has 0 unspecified atom stereocenters. The van der Waals surface area contributed by atoms with Gasteiger partial charge in [0, 0.05) is 41.7 Å². The van der Waals surface area contributed by atoms with Crippen molar-refractivity contribution < 1.29 is 9.59 Å². The third-order valence-corrected chi connectivity index (χ3v) is 8.89. The second-order valence-corrected chi connectivity index (χ2v) is 11.6. The standard InChI is InChI=1S/C30H33N5O2S/c36-28(20-6-1-2-7-20)35-30-34-25-14-13-24(17-26(25)38-30)33-29(37)21-9-4-12-23(16-21)32-18-22-10-3-8-19-11-5-15-31-27(19)22/h3,5,8,10-11,13-15,17,20-21,23,32H,1-2,4,6-7,9,12,16,18H2,(H,33,37)(H,34,35,36)/t21-,23+/m1/s1. The number of amides is 2. The number of hydrogen-bond donors (Lipinski definition) is 3. The van der Waals surface area contributed by atoms with Crippen LogP contribution < -0.4 is 16.0 Å². The average Bonchev–Trinajstić information content (AvgIpc) is 3.62. The maximum Gasteiger partial charge on any atom is 0.229 e. The van der Waals surface area contributed by atoms with E-state index in [4.69, 9.17) is 0 Å². The van der Waals surface area contributed by atoms with E-state index in [0.717, 1.165) is 84.7 Å². The van der Waals surface area contributed by atoms with E-state index in [0.29, 0.717) is 11.2 Å². The Morgan fingerprint density at radius 3 is 2.61 bits per heavy atom. The number of para-hydroxylation sites is 1. The van der Waals surface area contributed by atoms with Crippen LogP contribution in [0.2, 0.25) is 0 Å². The summed E-state index contributed by atoms with van der Waals surface area (Å²) in [5.74, 6) is 0.230. The van der Waals surface area contributed by atoms with E-state index < -0.39 is 0 Å². The van der Waals surface area contributed by atoms with E-state index in [1.165, 1.54) is 16.9 Å². The van der Waals surface area contributed by atoms with Gasteiger partial charge in [0.2, 0.25) is 11.8 Å². The van der Waals surface area contributed by atoms with E-state index in [1.807, 2.05) is 30.5 Å². The van der Waals surface area contributed by atoms with Crippen molar-refractivity contribution in [2.45, 2.75) is 64.0 Å². The van der Waals surface area contributed by atoms with Crippen molar-refractivity contribution in [3.63, 3.8) is 0 Å². The largest absolute Gasteiger partial charge is 0.326 e. The molecule has 0 radical (unpaired) electrons. The number of rotatable bonds is 7. The maximum absolute atomic E-state index is 13.2. The summed E-state index contributed by atoms with van der Waals surface area (Å²) in [7, 11) is 0. The minimum Gasteiger partial charge on any atom is -0.326 e. The van der Waals surface area contributed by atoms with Crippen molar-refractivity contribution >= 4 is 55.1 Å². The molecule has 6 rings (SSSR count). The zero-order valence-corrected chi connectivity index (χ0v) is 22.2. The predicted molar refractivity (Wildman–Crippen MR) is 153 cm³/mol. The van der Waals surface area contributed by atoms with Crippen molar-refractivity contribution in [3.05, 3.63) is 60.3 Å². The van der Waals surface area contributed by atoms with E-state index in [9.17, 15) is 9.59 Å². The van der Waals surface area contributed by atoms with Crippen LogP contribution in [0.3, 0.4) is 0 Å². The Labute approximate surface area is 226 Å². The quantitative estimate of drug-likeness (QED) is 0.264. The van der Waals surface area contributed by atoms with Crippen molar-refractivity contribution in [2.75, 3.05) is 10.6 Å². The molecule has 7 nitrogen and oxygen atoms in total. The summed E-state index contributed by atoms with van der Waals surface area (Å²) in [6.45, 7) is 0.745. The Hall–Kier alpha value is -3.36. The smallest absolute Gasteiger partial charge is 0.229 e. The van der Waals surface area contributed by atoms with Crippen LogP contribution >= 0.6 is 11.3 Å². The molecule has 0 bridgehead atoms. The molecule has 2 aliphatic carbocycles. The lowest BCUT2D eigenvalue weighted by molar-refractivity contribution is -0.121. The molecule has 8 heteroatoms. The molecule has 2 amide bonds. The van der Waals surface area contributed by atoms with Crippen molar-refractivity contribution in [1.29, 1.82) is 0 Å². The molecule has 2 fully saturated rings. The first kappa shape index (κ1) is 24.9. The molecule has 2 atom stereocenters. The number of thiazole rings is 1. The number of fused-ring (bicyclic) bond motifs is 2. The van der Waals surface area contributed by atoms with Crippen LogP contribution in [-0.2, 0) is 16.1 Å². The lowest BCUT2D eigenvalue weighted by Gasteiger charge is -2.29. The monoisotopic (exact) mass is 527 g/mol. The van der Waals surface area contributed by atoms with Gasteiger partial charge in [-0.15, -0.1) is 0 Å². The fraction of sp³-hybridized carbons (Fsp3) is 0.400. The lowest BCUT2D eigenvalue weighted by atomic mass is 9.85. The number of hydrogen-bond acceptors (Lipinski definition) is 6. The summed E-state index contributed by atoms with van der Waals surface area (Å²) in [4.78, 5) is 34.8. The molecule has 2 heterocycles. The zero-order valence-electron chi connectivity index (χ0n) is 21.4. The minimum atomic E-state index is -0.0229. The summed E-state index contributed by atoms with van der Waals surface area (Å²) in [6, 6.07) is 16.4. The van der Waals surface area contributed by atoms with Crippen LogP contribution in [0.1, 0.15) is 56.9 Å². The molecule has 2 saturated carbocycles. The molecule has 4 aromatic rings. The van der Waals surface area contributed by atoms with Gasteiger partial charge in [-0.1, -0.05) is 54.9 Å². The number of carbonyl (C=O) groups excluding carboxylic acids is 2. The normalized spacial score (nSPS) is 20.1. The molecular formula is C30H33N5O2S. The van der Waals surface area contributed by atoms with Crippen LogP contribution in [0.25, 0.3) is 21.1 Å². The van der Waals surface area contributed by atoms with Gasteiger partial charge in [0.25, 0.3) is 0 Å². The number of anilines is 2. The van der Waals surface area contributed by atoms with Gasteiger partial charge in [-0.05, 0) is 61.9 Å². The van der Waals surface area contributed by atoms with Gasteiger partial charge in [0.05, 0.1) is 15.7 Å². The minimum absolute atomic E-state index is 0.0229. The Bertz CT molecular complexity index is 1460. The number of pyridine rings is 1. The van der Waals surface area contributed by atoms with Crippen LogP contribution in [-0.4, -0.2) is 27.8 Å². The third-order valence-electron chi connectivity index (χ3n) is 7.95. The third kappa shape index (κ3) is 5.56. The summed E-state index contributed by atoms with van der Waals surface area (Å²) in [5.41, 5.74) is 3.83. The number of nitrogens with zero attached hydrogens (tertiary/aromatic N) is 2. The first-order chi connectivity index (χ1) is 18.6. The Kier molecular flexibility index (Phi) is 7.33. The second-order valence-electron chi connectivity index (χ2n) is 10.6. The topological polar surface area (TPSA) is 96.0 Å². The highest BCUT2D eigenvalue weighted by molar-refractivity contribution is 7.22. The first-order valence-electron chi connectivity index (χ1n) is 13.7. The summed E-state index contributed by atoms with van der Waals surface area (Å²) < 4.78 is 0.955. The summed E-state index contributed by atoms with van der Waals surface area (Å²) in [6.07, 6.45) is 9.84. The van der Waals surface area contributed by atoms with Gasteiger partial charge in [-0.3, -0.25) is 14.6 Å². The molecule has 0 saturated heterocycles. The van der Waals surface area contributed by atoms with Crippen LogP contribution in [0.15, 0.2) is 54.7 Å². The van der Waals surface area contributed by atoms with Crippen LogP contribution in [0, 0.1) is 11.8 Å². The molecule has 38 heavy (non-hydrogen) atoms. The fourth-order valence-electron chi connectivity index (χ4n) is 5.87. The molecular weight excluding hydrogens is 494 g/mol. The lowest BCUT2D eigenvalue weighted by Crippen LogP contribution is -2.37. The van der Waals surface area contributed by atoms with Crippen LogP contribution in [0.5, 0.6) is 0 Å². The molecule has 0 spiro atoms. The van der Waals surface area contributed by atoms with E-state index >= 15 is 0 Å². The fourth-order valence-corrected chi connectivity index (χ4v) is 6.78. The second kappa shape index (κ2) is 11.2. The average molecular weight is 528 g/mol. The van der Waals surface area contributed by atoms with Crippen molar-refractivity contribution in [1.82, 2.24) is 15.3 Å². The Morgan fingerprint density at radius 1 is 0.895 bits per heavy atom. The van der Waals surface area contributed by atoms with Gasteiger partial charge >= 0.3 is 0 Å². The van der Waals surface area contributed by atoms with Gasteiger partial charge in [0.15, 0.2) is 5.13 Å². The Balaban J connectivity index is 1.05. The molecule has 2 aromatic heterocycles. The van der Waals surface area contributed by atoms with Crippen molar-refractivity contribution in [2.24, 2.45) is 11.8 Å². The molecule has 0 aliphatic heterocycles.